The average molecular weight is 477 g/mol. The second kappa shape index (κ2) is 11.9. The number of halogens is 3. The van der Waals surface area contributed by atoms with E-state index in [9.17, 15) is 4.39 Å². The molecule has 2 nitrogen and oxygen atoms in total. The number of hydrogen-bond donors (Lipinski definition) is 0. The quantitative estimate of drug-likeness (QED) is 0.353. The van der Waals surface area contributed by atoms with E-state index in [0.717, 1.165) is 64.2 Å². The molecular formula is C29H39F3O2. The zero-order chi connectivity index (χ0) is 24.1. The van der Waals surface area contributed by atoms with E-state index in [1.807, 2.05) is 25.1 Å². The van der Waals surface area contributed by atoms with Gasteiger partial charge in [0, 0.05) is 12.5 Å². The van der Waals surface area contributed by atoms with E-state index in [2.05, 4.69) is 6.58 Å². The fourth-order valence-corrected chi connectivity index (χ4v) is 6.08. The van der Waals surface area contributed by atoms with Gasteiger partial charge in [0.25, 0.3) is 0 Å². The molecule has 0 heterocycles. The van der Waals surface area contributed by atoms with Crippen molar-refractivity contribution in [3.8, 4) is 0 Å². The fourth-order valence-electron chi connectivity index (χ4n) is 6.08. The lowest BCUT2D eigenvalue weighted by Crippen LogP contribution is -2.27. The lowest BCUT2D eigenvalue weighted by atomic mass is 9.77. The Hall–Kier alpha value is -1.59. The maximum Gasteiger partial charge on any atom is 0.162 e. The van der Waals surface area contributed by atoms with Crippen molar-refractivity contribution in [1.29, 1.82) is 0 Å². The highest BCUT2D eigenvalue weighted by molar-refractivity contribution is 5.32. The number of hydrogen-bond acceptors (Lipinski definition) is 2. The monoisotopic (exact) mass is 476 g/mol. The summed E-state index contributed by atoms with van der Waals surface area (Å²) in [4.78, 5) is 0. The van der Waals surface area contributed by atoms with Crippen LogP contribution in [0.4, 0.5) is 13.2 Å². The van der Waals surface area contributed by atoms with Crippen LogP contribution in [0.2, 0.25) is 0 Å². The SMILES string of the molecule is C=CC1CCC(c2ccc(C3CCC(OCC4CCC(OCC)C=C4F)CC3)c(F)c2F)CC1. The van der Waals surface area contributed by atoms with Gasteiger partial charge < -0.3 is 9.47 Å². The van der Waals surface area contributed by atoms with Crippen LogP contribution in [-0.4, -0.2) is 25.4 Å². The van der Waals surface area contributed by atoms with Crippen LogP contribution in [0.1, 0.15) is 94.1 Å². The summed E-state index contributed by atoms with van der Waals surface area (Å²) < 4.78 is 56.0. The van der Waals surface area contributed by atoms with Gasteiger partial charge in [0.2, 0.25) is 0 Å². The topological polar surface area (TPSA) is 18.5 Å². The van der Waals surface area contributed by atoms with Crippen molar-refractivity contribution in [2.45, 2.75) is 95.2 Å². The van der Waals surface area contributed by atoms with Gasteiger partial charge in [-0.1, -0.05) is 18.2 Å². The number of ether oxygens (including phenoxy) is 2. The fraction of sp³-hybridized carbons (Fsp3) is 0.655. The Labute approximate surface area is 202 Å². The zero-order valence-electron chi connectivity index (χ0n) is 20.4. The highest BCUT2D eigenvalue weighted by atomic mass is 19.2. The normalized spacial score (nSPS) is 32.3. The molecule has 0 saturated heterocycles. The van der Waals surface area contributed by atoms with Crippen molar-refractivity contribution in [3.63, 3.8) is 0 Å². The van der Waals surface area contributed by atoms with Crippen LogP contribution in [0.25, 0.3) is 0 Å². The van der Waals surface area contributed by atoms with Crippen molar-refractivity contribution < 1.29 is 22.6 Å². The second-order valence-electron chi connectivity index (χ2n) is 10.3. The third-order valence-corrected chi connectivity index (χ3v) is 8.25. The van der Waals surface area contributed by atoms with Crippen LogP contribution >= 0.6 is 0 Å². The molecule has 3 aliphatic rings. The highest BCUT2D eigenvalue weighted by Gasteiger charge is 2.30. The van der Waals surface area contributed by atoms with E-state index >= 15 is 8.78 Å². The molecular weight excluding hydrogens is 437 g/mol. The smallest absolute Gasteiger partial charge is 0.162 e. The summed E-state index contributed by atoms with van der Waals surface area (Å²) in [5.74, 6) is -1.03. The maximum absolute atomic E-state index is 15.1. The van der Waals surface area contributed by atoms with Crippen LogP contribution in [0.15, 0.2) is 36.7 Å². The van der Waals surface area contributed by atoms with Gasteiger partial charge in [-0.05, 0) is 106 Å². The summed E-state index contributed by atoms with van der Waals surface area (Å²) >= 11 is 0. The van der Waals surface area contributed by atoms with Crippen molar-refractivity contribution in [1.82, 2.24) is 0 Å². The molecule has 188 valence electrons. The Bertz CT molecular complexity index is 851. The van der Waals surface area contributed by atoms with Crippen molar-refractivity contribution >= 4 is 0 Å². The molecule has 0 aromatic heterocycles. The van der Waals surface area contributed by atoms with Gasteiger partial charge in [-0.15, -0.1) is 6.58 Å². The summed E-state index contributed by atoms with van der Waals surface area (Å²) in [6.07, 6.45) is 11.9. The molecule has 2 saturated carbocycles. The second-order valence-corrected chi connectivity index (χ2v) is 10.3. The highest BCUT2D eigenvalue weighted by Crippen LogP contribution is 2.41. The first-order valence-corrected chi connectivity index (χ1v) is 13.2. The van der Waals surface area contributed by atoms with E-state index in [-0.39, 0.29) is 35.8 Å². The molecule has 0 radical (unpaired) electrons. The Balaban J connectivity index is 1.28. The number of benzene rings is 1. The molecule has 2 fully saturated rings. The maximum atomic E-state index is 15.1. The van der Waals surface area contributed by atoms with Gasteiger partial charge in [-0.3, -0.25) is 0 Å². The molecule has 0 amide bonds. The molecule has 4 rings (SSSR count). The van der Waals surface area contributed by atoms with Gasteiger partial charge in [0.1, 0.15) is 5.83 Å². The van der Waals surface area contributed by atoms with Crippen molar-refractivity contribution in [3.05, 3.63) is 59.5 Å². The number of allylic oxidation sites excluding steroid dienone is 1. The lowest BCUT2D eigenvalue weighted by molar-refractivity contribution is -0.00174. The van der Waals surface area contributed by atoms with Crippen LogP contribution in [-0.2, 0) is 9.47 Å². The molecule has 2 atom stereocenters. The van der Waals surface area contributed by atoms with Crippen LogP contribution in [0, 0.1) is 23.5 Å². The Kier molecular flexibility index (Phi) is 8.92. The Morgan fingerprint density at radius 2 is 1.41 bits per heavy atom. The Morgan fingerprint density at radius 3 is 1.94 bits per heavy atom. The molecule has 0 N–H and O–H groups in total. The van der Waals surface area contributed by atoms with Gasteiger partial charge >= 0.3 is 0 Å². The molecule has 0 aliphatic heterocycles. The van der Waals surface area contributed by atoms with Crippen molar-refractivity contribution in [2.24, 2.45) is 11.8 Å². The predicted octanol–water partition coefficient (Wildman–Crippen LogP) is 8.14. The van der Waals surface area contributed by atoms with Crippen molar-refractivity contribution in [2.75, 3.05) is 13.2 Å². The van der Waals surface area contributed by atoms with E-state index in [1.165, 1.54) is 0 Å². The van der Waals surface area contributed by atoms with Crippen LogP contribution < -0.4 is 0 Å². The zero-order valence-corrected chi connectivity index (χ0v) is 20.4. The minimum absolute atomic E-state index is 0.0122. The van der Waals surface area contributed by atoms with Gasteiger partial charge in [0.05, 0.1) is 18.8 Å². The Morgan fingerprint density at radius 1 is 0.824 bits per heavy atom. The predicted molar refractivity (Wildman–Crippen MR) is 130 cm³/mol. The summed E-state index contributed by atoms with van der Waals surface area (Å²) in [7, 11) is 0. The van der Waals surface area contributed by atoms with Crippen LogP contribution in [0.5, 0.6) is 0 Å². The minimum Gasteiger partial charge on any atom is -0.377 e. The van der Waals surface area contributed by atoms with E-state index < -0.39 is 11.6 Å². The molecule has 0 bridgehead atoms. The third-order valence-electron chi connectivity index (χ3n) is 8.25. The van der Waals surface area contributed by atoms with Gasteiger partial charge in [-0.2, -0.15) is 0 Å². The molecule has 1 aromatic rings. The van der Waals surface area contributed by atoms with Gasteiger partial charge in [-0.25, -0.2) is 13.2 Å². The van der Waals surface area contributed by atoms with Gasteiger partial charge in [0.15, 0.2) is 11.6 Å². The van der Waals surface area contributed by atoms with E-state index in [0.29, 0.717) is 30.3 Å². The summed E-state index contributed by atoms with van der Waals surface area (Å²) in [5.41, 5.74) is 1.04. The van der Waals surface area contributed by atoms with Crippen LogP contribution in [0.3, 0.4) is 0 Å². The lowest BCUT2D eigenvalue weighted by Gasteiger charge is -2.32. The average Bonchev–Trinajstić information content (AvgIpc) is 2.86. The molecule has 5 heteroatoms. The minimum atomic E-state index is -0.661. The molecule has 2 unspecified atom stereocenters. The molecule has 0 spiro atoms. The largest absolute Gasteiger partial charge is 0.377 e. The first-order valence-electron chi connectivity index (χ1n) is 13.2. The molecule has 3 aliphatic carbocycles. The summed E-state index contributed by atoms with van der Waals surface area (Å²) in [6, 6.07) is 3.64. The first kappa shape index (κ1) is 25.5. The van der Waals surface area contributed by atoms with E-state index in [4.69, 9.17) is 9.47 Å². The first-order chi connectivity index (χ1) is 16.5. The standard InChI is InChI=1S/C29H39F3O2/c1-3-19-5-7-20(8-6-19)25-15-16-26(29(32)28(25)31)21-9-12-23(13-10-21)34-18-22-11-14-24(33-4-2)17-27(22)30/h3,15-17,19-24H,1,4-14,18H2,2H3. The summed E-state index contributed by atoms with van der Waals surface area (Å²) in [5, 5.41) is 0. The number of rotatable bonds is 8. The third kappa shape index (κ3) is 5.96. The molecule has 1 aromatic carbocycles. The molecule has 34 heavy (non-hydrogen) atoms. The van der Waals surface area contributed by atoms with E-state index in [1.54, 1.807) is 6.08 Å². The summed E-state index contributed by atoms with van der Waals surface area (Å²) in [6.45, 7) is 6.74.